The molecule has 0 aliphatic rings. The summed E-state index contributed by atoms with van der Waals surface area (Å²) in [6.07, 6.45) is 0. The van der Waals surface area contributed by atoms with Crippen LogP contribution in [0, 0.1) is 0 Å². The Morgan fingerprint density at radius 3 is 1.37 bits per heavy atom. The van der Waals surface area contributed by atoms with Crippen molar-refractivity contribution in [3.05, 3.63) is 273 Å². The van der Waals surface area contributed by atoms with Gasteiger partial charge in [0.2, 0.25) is 0 Å². The number of hydrogen-bond donors (Lipinski definition) is 0. The van der Waals surface area contributed by atoms with Gasteiger partial charge in [-0.1, -0.05) is 170 Å². The van der Waals surface area contributed by atoms with E-state index in [2.05, 4.69) is 240 Å². The van der Waals surface area contributed by atoms with Gasteiger partial charge in [0.25, 0.3) is 0 Å². The van der Waals surface area contributed by atoms with Gasteiger partial charge in [-0.3, -0.25) is 0 Å². The maximum Gasteiger partial charge on any atom is 0.164 e. The standard InChI is InChI=1S/C75H45N5O2/c1-3-16-46(17-4-1)73-76-74(53-32-36-59-60-37-35-55(45-71(60)82-70(59)44-53)80-64-28-10-7-24-56(64)57-25-8-11-29-65(57)80)78-75(77-73)61-27-15-31-69-72(61)63-43-52(34-39-68(63)81-69)50-21-14-19-48(41-50)47-18-13-20-49(40-47)51-33-38-67-62(42-51)58-26-9-12-30-66(58)79(67)54-22-5-2-6-23-54/h1-45H. The molecule has 0 saturated carbocycles. The van der Waals surface area contributed by atoms with Gasteiger partial charge in [0, 0.05) is 77.2 Å². The molecule has 17 rings (SSSR count). The lowest BCUT2D eigenvalue weighted by Gasteiger charge is -2.10. The van der Waals surface area contributed by atoms with Crippen LogP contribution in [-0.4, -0.2) is 24.1 Å². The summed E-state index contributed by atoms with van der Waals surface area (Å²) in [5.74, 6) is 1.66. The third kappa shape index (κ3) is 7.34. The van der Waals surface area contributed by atoms with Crippen LogP contribution >= 0.6 is 0 Å². The first kappa shape index (κ1) is 45.8. The lowest BCUT2D eigenvalue weighted by Crippen LogP contribution is -2.00. The summed E-state index contributed by atoms with van der Waals surface area (Å²) >= 11 is 0. The molecule has 0 saturated heterocycles. The van der Waals surface area contributed by atoms with E-state index in [-0.39, 0.29) is 0 Å². The Hall–Kier alpha value is -11.2. The van der Waals surface area contributed by atoms with E-state index in [1.165, 1.54) is 38.1 Å². The summed E-state index contributed by atoms with van der Waals surface area (Å²) < 4.78 is 18.0. The van der Waals surface area contributed by atoms with Gasteiger partial charge in [-0.05, 0) is 130 Å². The fraction of sp³-hybridized carbons (Fsp3) is 0. The number of rotatable bonds is 8. The second-order valence-electron chi connectivity index (χ2n) is 21.1. The van der Waals surface area contributed by atoms with Crippen LogP contribution in [0.4, 0.5) is 0 Å². The molecule has 7 nitrogen and oxygen atoms in total. The van der Waals surface area contributed by atoms with Crippen molar-refractivity contribution >= 4 is 87.5 Å². The van der Waals surface area contributed by atoms with E-state index in [1.54, 1.807) is 0 Å². The lowest BCUT2D eigenvalue weighted by molar-refractivity contribution is 0.668. The van der Waals surface area contributed by atoms with E-state index in [9.17, 15) is 0 Å². The minimum Gasteiger partial charge on any atom is -0.456 e. The summed E-state index contributed by atoms with van der Waals surface area (Å²) in [6.45, 7) is 0. The fourth-order valence-corrected chi connectivity index (χ4v) is 12.5. The first-order valence-electron chi connectivity index (χ1n) is 27.6. The van der Waals surface area contributed by atoms with Crippen LogP contribution < -0.4 is 0 Å². The molecule has 0 bridgehead atoms. The quantitative estimate of drug-likeness (QED) is 0.152. The van der Waals surface area contributed by atoms with Crippen LogP contribution in [0.1, 0.15) is 0 Å². The summed E-state index contributed by atoms with van der Waals surface area (Å²) in [5, 5.41) is 8.89. The van der Waals surface area contributed by atoms with Crippen LogP contribution in [0.5, 0.6) is 0 Å². The van der Waals surface area contributed by atoms with Crippen molar-refractivity contribution in [1.82, 2.24) is 24.1 Å². The first-order valence-corrected chi connectivity index (χ1v) is 27.6. The second kappa shape index (κ2) is 18.2. The van der Waals surface area contributed by atoms with Gasteiger partial charge < -0.3 is 18.0 Å². The Bertz CT molecular complexity index is 5360. The number of para-hydroxylation sites is 4. The maximum absolute atomic E-state index is 6.75. The second-order valence-corrected chi connectivity index (χ2v) is 21.1. The highest BCUT2D eigenvalue weighted by atomic mass is 16.3. The van der Waals surface area contributed by atoms with Crippen LogP contribution in [-0.2, 0) is 0 Å². The smallest absolute Gasteiger partial charge is 0.164 e. The summed E-state index contributed by atoms with van der Waals surface area (Å²) in [7, 11) is 0. The predicted molar refractivity (Wildman–Crippen MR) is 336 cm³/mol. The van der Waals surface area contributed by atoms with Crippen molar-refractivity contribution in [1.29, 1.82) is 0 Å². The van der Waals surface area contributed by atoms with Crippen molar-refractivity contribution in [2.45, 2.75) is 0 Å². The third-order valence-electron chi connectivity index (χ3n) is 16.4. The van der Waals surface area contributed by atoms with E-state index >= 15 is 0 Å². The van der Waals surface area contributed by atoms with Gasteiger partial charge >= 0.3 is 0 Å². The van der Waals surface area contributed by atoms with Crippen molar-refractivity contribution in [3.63, 3.8) is 0 Å². The molecule has 0 spiro atoms. The highest BCUT2D eigenvalue weighted by Gasteiger charge is 2.21. The Morgan fingerprint density at radius 1 is 0.232 bits per heavy atom. The molecule has 5 heterocycles. The van der Waals surface area contributed by atoms with Crippen molar-refractivity contribution in [2.24, 2.45) is 0 Å². The zero-order chi connectivity index (χ0) is 53.8. The van der Waals surface area contributed by atoms with Gasteiger partial charge in [-0.2, -0.15) is 0 Å². The average molecular weight is 1050 g/mol. The maximum atomic E-state index is 6.75. The highest BCUT2D eigenvalue weighted by Crippen LogP contribution is 2.42. The number of fused-ring (bicyclic) bond motifs is 12. The molecule has 0 fully saturated rings. The zero-order valence-corrected chi connectivity index (χ0v) is 44.0. The van der Waals surface area contributed by atoms with Crippen LogP contribution in [0.25, 0.3) is 166 Å². The highest BCUT2D eigenvalue weighted by molar-refractivity contribution is 6.14. The van der Waals surface area contributed by atoms with Gasteiger partial charge in [0.1, 0.15) is 22.3 Å². The van der Waals surface area contributed by atoms with Crippen molar-refractivity contribution in [3.8, 4) is 78.9 Å². The molecule has 0 radical (unpaired) electrons. The largest absolute Gasteiger partial charge is 0.456 e. The molecule has 17 aromatic rings. The third-order valence-corrected chi connectivity index (χ3v) is 16.4. The summed E-state index contributed by atoms with van der Waals surface area (Å²) in [5.41, 5.74) is 19.3. The Balaban J connectivity index is 0.737. The zero-order valence-electron chi connectivity index (χ0n) is 44.0. The normalized spacial score (nSPS) is 11.9. The SMILES string of the molecule is c1ccc(-c2nc(-c3ccc4c(c3)oc3cc(-n5c6ccccc6c6ccccc65)ccc34)nc(-c3cccc4oc5ccc(-c6cccc(-c7cccc(-c8ccc9c(c8)c8ccccc8n9-c8ccccc8)c7)c6)cc5c34)n2)cc1. The number of nitrogens with zero attached hydrogens (tertiary/aromatic N) is 5. The number of furan rings is 2. The van der Waals surface area contributed by atoms with Gasteiger partial charge in [0.15, 0.2) is 17.5 Å². The van der Waals surface area contributed by atoms with Gasteiger partial charge in [0.05, 0.1) is 22.1 Å². The van der Waals surface area contributed by atoms with E-state index in [0.29, 0.717) is 17.5 Å². The molecular formula is C75H45N5O2. The number of aromatic nitrogens is 5. The average Bonchev–Trinajstić information content (AvgIpc) is 3.89. The molecular weight excluding hydrogens is 1000 g/mol. The Morgan fingerprint density at radius 2 is 0.695 bits per heavy atom. The minimum absolute atomic E-state index is 0.541. The summed E-state index contributed by atoms with van der Waals surface area (Å²) in [4.78, 5) is 15.7. The molecule has 0 N–H and O–H groups in total. The van der Waals surface area contributed by atoms with Gasteiger partial charge in [-0.25, -0.2) is 15.0 Å². The molecule has 0 unspecified atom stereocenters. The molecule has 12 aromatic carbocycles. The minimum atomic E-state index is 0.541. The molecule has 0 aliphatic heterocycles. The van der Waals surface area contributed by atoms with Crippen LogP contribution in [0.3, 0.4) is 0 Å². The van der Waals surface area contributed by atoms with Crippen molar-refractivity contribution < 1.29 is 8.83 Å². The monoisotopic (exact) mass is 1050 g/mol. The molecule has 0 amide bonds. The molecule has 5 aromatic heterocycles. The Kier molecular flexibility index (Phi) is 10.2. The number of hydrogen-bond acceptors (Lipinski definition) is 5. The molecule has 382 valence electrons. The van der Waals surface area contributed by atoms with E-state index in [0.717, 1.165) is 111 Å². The Labute approximate surface area is 469 Å². The van der Waals surface area contributed by atoms with Crippen molar-refractivity contribution in [2.75, 3.05) is 0 Å². The summed E-state index contributed by atoms with van der Waals surface area (Å²) in [6, 6.07) is 96.4. The van der Waals surface area contributed by atoms with E-state index in [4.69, 9.17) is 23.8 Å². The molecule has 7 heteroatoms. The van der Waals surface area contributed by atoms with Gasteiger partial charge in [-0.15, -0.1) is 0 Å². The first-order chi connectivity index (χ1) is 40.6. The van der Waals surface area contributed by atoms with Crippen LogP contribution in [0.15, 0.2) is 282 Å². The molecule has 0 aliphatic carbocycles. The molecule has 0 atom stereocenters. The van der Waals surface area contributed by atoms with Crippen LogP contribution in [0.2, 0.25) is 0 Å². The molecule has 82 heavy (non-hydrogen) atoms. The predicted octanol–water partition coefficient (Wildman–Crippen LogP) is 19.9. The van der Waals surface area contributed by atoms with E-state index in [1.807, 2.05) is 42.5 Å². The fourth-order valence-electron chi connectivity index (χ4n) is 12.5. The topological polar surface area (TPSA) is 74.8 Å². The number of benzene rings is 12. The lowest BCUT2D eigenvalue weighted by atomic mass is 9.95. The van der Waals surface area contributed by atoms with E-state index < -0.39 is 0 Å².